The van der Waals surface area contributed by atoms with E-state index in [2.05, 4.69) is 10.3 Å². The summed E-state index contributed by atoms with van der Waals surface area (Å²) in [6, 6.07) is 13.0. The normalized spacial score (nSPS) is 10.5. The maximum absolute atomic E-state index is 9.88. The van der Waals surface area contributed by atoms with Crippen LogP contribution in [-0.2, 0) is 6.54 Å². The Morgan fingerprint density at radius 3 is 2.76 bits per heavy atom. The van der Waals surface area contributed by atoms with Crippen LogP contribution in [0.4, 0.5) is 5.69 Å². The van der Waals surface area contributed by atoms with Crippen LogP contribution in [0.5, 0.6) is 5.75 Å². The Morgan fingerprint density at radius 2 is 2.00 bits per heavy atom. The molecule has 0 radical (unpaired) electrons. The third-order valence-electron chi connectivity index (χ3n) is 3.24. The molecule has 21 heavy (non-hydrogen) atoms. The number of phenolic OH excluding ortho intramolecular Hbond substituents is 1. The molecule has 5 heteroatoms. The van der Waals surface area contributed by atoms with E-state index in [0.717, 1.165) is 11.4 Å². The van der Waals surface area contributed by atoms with E-state index in [9.17, 15) is 5.11 Å². The Hall–Kier alpha value is -2.46. The van der Waals surface area contributed by atoms with Crippen LogP contribution < -0.4 is 5.32 Å². The molecule has 3 aromatic rings. The van der Waals surface area contributed by atoms with E-state index in [-0.39, 0.29) is 5.75 Å². The van der Waals surface area contributed by atoms with Gasteiger partial charge in [-0.1, -0.05) is 29.8 Å². The molecule has 0 unspecified atom stereocenters. The molecule has 0 saturated carbocycles. The van der Waals surface area contributed by atoms with Gasteiger partial charge in [0.05, 0.1) is 17.7 Å². The maximum Gasteiger partial charge on any atom is 0.122 e. The van der Waals surface area contributed by atoms with Gasteiger partial charge in [-0.05, 0) is 24.3 Å². The van der Waals surface area contributed by atoms with Crippen LogP contribution in [0.15, 0.2) is 61.2 Å². The summed E-state index contributed by atoms with van der Waals surface area (Å²) in [4.78, 5) is 4.06. The highest BCUT2D eigenvalue weighted by molar-refractivity contribution is 6.31. The van der Waals surface area contributed by atoms with Gasteiger partial charge in [0.25, 0.3) is 0 Å². The number of halogens is 1. The van der Waals surface area contributed by atoms with Crippen LogP contribution in [0.3, 0.4) is 0 Å². The first-order valence-corrected chi connectivity index (χ1v) is 6.91. The largest absolute Gasteiger partial charge is 0.508 e. The lowest BCUT2D eigenvalue weighted by atomic mass is 10.2. The zero-order chi connectivity index (χ0) is 14.7. The highest BCUT2D eigenvalue weighted by atomic mass is 35.5. The molecule has 2 aromatic carbocycles. The fourth-order valence-electron chi connectivity index (χ4n) is 2.16. The minimum atomic E-state index is 0.190. The Labute approximate surface area is 127 Å². The maximum atomic E-state index is 9.88. The van der Waals surface area contributed by atoms with E-state index in [4.69, 9.17) is 11.6 Å². The Bertz CT molecular complexity index is 721. The first-order chi connectivity index (χ1) is 10.3. The van der Waals surface area contributed by atoms with Crippen molar-refractivity contribution in [2.24, 2.45) is 0 Å². The molecule has 0 aliphatic rings. The molecule has 0 saturated heterocycles. The standard InChI is InChI=1S/C16H14ClN3O/c17-13-4-3-7-16(21)12(13)10-19-14-5-1-2-6-15(14)20-9-8-18-11-20/h1-9,11,19,21H,10H2. The smallest absolute Gasteiger partial charge is 0.122 e. The summed E-state index contributed by atoms with van der Waals surface area (Å²) in [5.74, 6) is 0.190. The summed E-state index contributed by atoms with van der Waals surface area (Å²) in [6.07, 6.45) is 5.36. The molecular formula is C16H14ClN3O. The monoisotopic (exact) mass is 299 g/mol. The van der Waals surface area contributed by atoms with E-state index < -0.39 is 0 Å². The number of rotatable bonds is 4. The molecule has 3 rings (SSSR count). The molecule has 0 aliphatic heterocycles. The lowest BCUT2D eigenvalue weighted by Gasteiger charge is -2.14. The molecule has 4 nitrogen and oxygen atoms in total. The van der Waals surface area contributed by atoms with Gasteiger partial charge < -0.3 is 15.0 Å². The Kier molecular flexibility index (Phi) is 3.79. The third kappa shape index (κ3) is 2.85. The van der Waals surface area contributed by atoms with Crippen molar-refractivity contribution in [1.82, 2.24) is 9.55 Å². The number of nitrogens with zero attached hydrogens (tertiary/aromatic N) is 2. The molecule has 1 heterocycles. The highest BCUT2D eigenvalue weighted by Gasteiger charge is 2.08. The number of hydrogen-bond acceptors (Lipinski definition) is 3. The van der Waals surface area contributed by atoms with Crippen LogP contribution in [0, 0.1) is 0 Å². The predicted octanol–water partition coefficient (Wildman–Crippen LogP) is 3.84. The lowest BCUT2D eigenvalue weighted by Crippen LogP contribution is -2.04. The summed E-state index contributed by atoms with van der Waals surface area (Å²) in [6.45, 7) is 0.442. The number of hydrogen-bond donors (Lipinski definition) is 2. The van der Waals surface area contributed by atoms with Crippen LogP contribution in [0.25, 0.3) is 5.69 Å². The topological polar surface area (TPSA) is 50.1 Å². The quantitative estimate of drug-likeness (QED) is 0.769. The number of para-hydroxylation sites is 2. The van der Waals surface area contributed by atoms with Gasteiger partial charge in [0.15, 0.2) is 0 Å². The summed E-state index contributed by atoms with van der Waals surface area (Å²) >= 11 is 6.12. The molecule has 0 bridgehead atoms. The number of benzene rings is 2. The average Bonchev–Trinajstić information content (AvgIpc) is 3.01. The number of aromatic nitrogens is 2. The molecule has 2 N–H and O–H groups in total. The molecule has 106 valence electrons. The number of nitrogens with one attached hydrogen (secondary N) is 1. The summed E-state index contributed by atoms with van der Waals surface area (Å²) in [5, 5.41) is 13.7. The van der Waals surface area contributed by atoms with E-state index in [0.29, 0.717) is 17.1 Å². The zero-order valence-electron chi connectivity index (χ0n) is 11.2. The van der Waals surface area contributed by atoms with Gasteiger partial charge in [-0.15, -0.1) is 0 Å². The average molecular weight is 300 g/mol. The molecule has 0 amide bonds. The molecular weight excluding hydrogens is 286 g/mol. The van der Waals surface area contributed by atoms with E-state index >= 15 is 0 Å². The minimum absolute atomic E-state index is 0.190. The second-order valence-corrected chi connectivity index (χ2v) is 4.99. The SMILES string of the molecule is Oc1cccc(Cl)c1CNc1ccccc1-n1ccnc1. The van der Waals surface area contributed by atoms with Crippen LogP contribution in [0.2, 0.25) is 5.02 Å². The number of aromatic hydroxyl groups is 1. The first kappa shape index (κ1) is 13.5. The number of anilines is 1. The second-order valence-electron chi connectivity index (χ2n) is 4.58. The molecule has 1 aromatic heterocycles. The van der Waals surface area contributed by atoms with Crippen molar-refractivity contribution in [3.63, 3.8) is 0 Å². The van der Waals surface area contributed by atoms with Crippen molar-refractivity contribution in [3.05, 3.63) is 71.8 Å². The summed E-state index contributed by atoms with van der Waals surface area (Å²) < 4.78 is 1.93. The molecule has 0 aliphatic carbocycles. The number of imidazole rings is 1. The second kappa shape index (κ2) is 5.89. The zero-order valence-corrected chi connectivity index (χ0v) is 12.0. The van der Waals surface area contributed by atoms with Gasteiger partial charge in [-0.3, -0.25) is 0 Å². The summed E-state index contributed by atoms with van der Waals surface area (Å²) in [5.41, 5.74) is 2.61. The van der Waals surface area contributed by atoms with Gasteiger partial charge in [0.1, 0.15) is 5.75 Å². The van der Waals surface area contributed by atoms with Crippen molar-refractivity contribution < 1.29 is 5.11 Å². The predicted molar refractivity (Wildman–Crippen MR) is 84.0 cm³/mol. The van der Waals surface area contributed by atoms with Crippen molar-refractivity contribution in [3.8, 4) is 11.4 Å². The van der Waals surface area contributed by atoms with E-state index in [1.54, 1.807) is 30.7 Å². The summed E-state index contributed by atoms with van der Waals surface area (Å²) in [7, 11) is 0. The van der Waals surface area contributed by atoms with Crippen LogP contribution >= 0.6 is 11.6 Å². The van der Waals surface area contributed by atoms with Gasteiger partial charge in [0.2, 0.25) is 0 Å². The van der Waals surface area contributed by atoms with Gasteiger partial charge >= 0.3 is 0 Å². The molecule has 0 spiro atoms. The van der Waals surface area contributed by atoms with Crippen molar-refractivity contribution >= 4 is 17.3 Å². The minimum Gasteiger partial charge on any atom is -0.508 e. The number of phenols is 1. The molecule has 0 fully saturated rings. The fourth-order valence-corrected chi connectivity index (χ4v) is 2.39. The Morgan fingerprint density at radius 1 is 1.14 bits per heavy atom. The van der Waals surface area contributed by atoms with Crippen LogP contribution in [-0.4, -0.2) is 14.7 Å². The van der Waals surface area contributed by atoms with Crippen molar-refractivity contribution in [2.75, 3.05) is 5.32 Å². The van der Waals surface area contributed by atoms with E-state index in [1.165, 1.54) is 0 Å². The van der Waals surface area contributed by atoms with Gasteiger partial charge in [0, 0.05) is 29.5 Å². The van der Waals surface area contributed by atoms with Crippen molar-refractivity contribution in [2.45, 2.75) is 6.54 Å². The van der Waals surface area contributed by atoms with Crippen molar-refractivity contribution in [1.29, 1.82) is 0 Å². The first-order valence-electron chi connectivity index (χ1n) is 6.53. The lowest BCUT2D eigenvalue weighted by molar-refractivity contribution is 0.469. The van der Waals surface area contributed by atoms with E-state index in [1.807, 2.05) is 35.0 Å². The third-order valence-corrected chi connectivity index (χ3v) is 3.59. The Balaban J connectivity index is 1.86. The van der Waals surface area contributed by atoms with Gasteiger partial charge in [-0.25, -0.2) is 4.98 Å². The van der Waals surface area contributed by atoms with Crippen LogP contribution in [0.1, 0.15) is 5.56 Å². The fraction of sp³-hybridized carbons (Fsp3) is 0.0625. The molecule has 0 atom stereocenters. The van der Waals surface area contributed by atoms with Gasteiger partial charge in [-0.2, -0.15) is 0 Å². The highest BCUT2D eigenvalue weighted by Crippen LogP contribution is 2.27.